The molecule has 7 heteroatoms. The van der Waals surface area contributed by atoms with Crippen molar-refractivity contribution in [2.45, 2.75) is 13.3 Å². The Morgan fingerprint density at radius 3 is 2.74 bits per heavy atom. The normalized spacial score (nSPS) is 10.9. The number of carboxylic acids is 1. The Morgan fingerprint density at radius 1 is 1.37 bits per heavy atom. The number of benzene rings is 1. The Kier molecular flexibility index (Phi) is 3.55. The van der Waals surface area contributed by atoms with Gasteiger partial charge < -0.3 is 9.84 Å². The zero-order valence-corrected chi connectivity index (χ0v) is 9.93. The predicted octanol–water partition coefficient (Wildman–Crippen LogP) is 2.28. The lowest BCUT2D eigenvalue weighted by Crippen LogP contribution is -2.09. The minimum absolute atomic E-state index is 0.0114. The topological polar surface area (TPSA) is 72.3 Å². The molecule has 0 saturated carbocycles. The first-order valence-corrected chi connectivity index (χ1v) is 5.39. The molecule has 19 heavy (non-hydrogen) atoms. The van der Waals surface area contributed by atoms with E-state index in [4.69, 9.17) is 9.84 Å². The molecule has 0 aliphatic rings. The van der Waals surface area contributed by atoms with E-state index in [0.717, 1.165) is 6.07 Å². The van der Waals surface area contributed by atoms with Gasteiger partial charge in [0.1, 0.15) is 17.9 Å². The highest BCUT2D eigenvalue weighted by Crippen LogP contribution is 2.26. The monoisotopic (exact) mass is 268 g/mol. The Labute approximate surface area is 106 Å². The first kappa shape index (κ1) is 13.1. The van der Waals surface area contributed by atoms with Gasteiger partial charge in [0.05, 0.1) is 11.3 Å². The van der Waals surface area contributed by atoms with Crippen molar-refractivity contribution in [3.63, 3.8) is 0 Å². The van der Waals surface area contributed by atoms with Gasteiger partial charge in [0.25, 0.3) is 6.43 Å². The van der Waals surface area contributed by atoms with E-state index in [2.05, 4.69) is 10.2 Å². The number of rotatable bonds is 4. The Morgan fingerprint density at radius 2 is 2.11 bits per heavy atom. The Balaban J connectivity index is 2.55. The van der Waals surface area contributed by atoms with Crippen LogP contribution in [0.4, 0.5) is 8.78 Å². The summed E-state index contributed by atoms with van der Waals surface area (Å²) >= 11 is 0. The fourth-order valence-corrected chi connectivity index (χ4v) is 1.62. The van der Waals surface area contributed by atoms with E-state index in [9.17, 15) is 13.6 Å². The zero-order chi connectivity index (χ0) is 14.0. The maximum absolute atomic E-state index is 12.2. The number of nitrogens with zero attached hydrogens (tertiary/aromatic N) is 2. The minimum Gasteiger partial charge on any atom is -0.485 e. The number of hydrogen-bond acceptors (Lipinski definition) is 4. The van der Waals surface area contributed by atoms with Crippen molar-refractivity contribution < 1.29 is 23.4 Å². The molecule has 1 aromatic carbocycles. The van der Waals surface area contributed by atoms with Crippen LogP contribution in [0.5, 0.6) is 5.75 Å². The van der Waals surface area contributed by atoms with Crippen LogP contribution in [0.15, 0.2) is 18.2 Å². The number of alkyl halides is 2. The number of carboxylic acid groups (broad SMARTS) is 1. The molecule has 0 aliphatic carbocycles. The number of fused-ring (bicyclic) bond motifs is 1. The lowest BCUT2D eigenvalue weighted by Gasteiger charge is -2.09. The van der Waals surface area contributed by atoms with Crippen LogP contribution in [-0.2, 0) is 0 Å². The van der Waals surface area contributed by atoms with Crippen molar-refractivity contribution in [1.82, 2.24) is 10.2 Å². The van der Waals surface area contributed by atoms with Gasteiger partial charge in [-0.15, -0.1) is 5.10 Å². The van der Waals surface area contributed by atoms with Gasteiger partial charge in [0.2, 0.25) is 0 Å². The summed E-state index contributed by atoms with van der Waals surface area (Å²) in [6.45, 7) is 0.868. The number of aromatic carboxylic acids is 1. The Bertz CT molecular complexity index is 632. The van der Waals surface area contributed by atoms with Gasteiger partial charge >= 0.3 is 5.97 Å². The first-order chi connectivity index (χ1) is 8.97. The predicted molar refractivity (Wildman–Crippen MR) is 62.7 cm³/mol. The molecule has 0 bridgehead atoms. The van der Waals surface area contributed by atoms with E-state index >= 15 is 0 Å². The molecule has 2 rings (SSSR count). The van der Waals surface area contributed by atoms with E-state index in [1.165, 1.54) is 6.07 Å². The lowest BCUT2D eigenvalue weighted by molar-refractivity contribution is 0.0695. The third kappa shape index (κ3) is 2.93. The van der Waals surface area contributed by atoms with E-state index in [1.54, 1.807) is 13.0 Å². The van der Waals surface area contributed by atoms with Gasteiger partial charge in [-0.1, -0.05) is 0 Å². The van der Waals surface area contributed by atoms with Gasteiger partial charge in [0.15, 0.2) is 0 Å². The van der Waals surface area contributed by atoms with Crippen LogP contribution < -0.4 is 4.74 Å². The number of carbonyl (C=O) groups is 1. The SMILES string of the molecule is Cc1cc2cc(C(=O)O)cc(OCC(F)F)c2nn1. The van der Waals surface area contributed by atoms with Crippen LogP contribution in [-0.4, -0.2) is 34.3 Å². The number of hydrogen-bond donors (Lipinski definition) is 1. The number of ether oxygens (including phenoxy) is 1. The molecular formula is C12H10F2N2O3. The highest BCUT2D eigenvalue weighted by atomic mass is 19.3. The summed E-state index contributed by atoms with van der Waals surface area (Å²) < 4.78 is 29.2. The smallest absolute Gasteiger partial charge is 0.335 e. The van der Waals surface area contributed by atoms with Crippen LogP contribution >= 0.6 is 0 Å². The van der Waals surface area contributed by atoms with Gasteiger partial charge in [-0.05, 0) is 25.1 Å². The average Bonchev–Trinajstić information content (AvgIpc) is 2.34. The summed E-state index contributed by atoms with van der Waals surface area (Å²) in [4.78, 5) is 11.0. The van der Waals surface area contributed by atoms with Crippen molar-refractivity contribution in [2.75, 3.05) is 6.61 Å². The quantitative estimate of drug-likeness (QED) is 0.920. The van der Waals surface area contributed by atoms with E-state index in [-0.39, 0.29) is 16.8 Å². The molecule has 2 aromatic rings. The fourth-order valence-electron chi connectivity index (χ4n) is 1.62. The maximum Gasteiger partial charge on any atom is 0.335 e. The van der Waals surface area contributed by atoms with Crippen LogP contribution in [0, 0.1) is 6.92 Å². The van der Waals surface area contributed by atoms with E-state index < -0.39 is 19.0 Å². The lowest BCUT2D eigenvalue weighted by atomic mass is 10.1. The molecule has 0 amide bonds. The third-order valence-electron chi connectivity index (χ3n) is 2.39. The molecule has 0 atom stereocenters. The molecule has 5 nitrogen and oxygen atoms in total. The maximum atomic E-state index is 12.2. The fraction of sp³-hybridized carbons (Fsp3) is 0.250. The second kappa shape index (κ2) is 5.13. The zero-order valence-electron chi connectivity index (χ0n) is 9.93. The Hall–Kier alpha value is -2.31. The van der Waals surface area contributed by atoms with Crippen molar-refractivity contribution in [3.8, 4) is 5.75 Å². The molecular weight excluding hydrogens is 258 g/mol. The summed E-state index contributed by atoms with van der Waals surface area (Å²) in [7, 11) is 0. The molecule has 0 spiro atoms. The highest BCUT2D eigenvalue weighted by molar-refractivity contribution is 5.95. The van der Waals surface area contributed by atoms with Crippen molar-refractivity contribution in [3.05, 3.63) is 29.5 Å². The summed E-state index contributed by atoms with van der Waals surface area (Å²) in [5.74, 6) is -1.18. The number of aryl methyl sites for hydroxylation is 1. The molecule has 1 heterocycles. The van der Waals surface area contributed by atoms with Crippen LogP contribution in [0.25, 0.3) is 10.9 Å². The average molecular weight is 268 g/mol. The van der Waals surface area contributed by atoms with Crippen molar-refractivity contribution >= 4 is 16.9 Å². The van der Waals surface area contributed by atoms with E-state index in [1.807, 2.05) is 0 Å². The second-order valence-corrected chi connectivity index (χ2v) is 3.91. The number of halogens is 2. The molecule has 1 aromatic heterocycles. The molecule has 1 N–H and O–H groups in total. The van der Waals surface area contributed by atoms with Crippen molar-refractivity contribution in [1.29, 1.82) is 0 Å². The summed E-state index contributed by atoms with van der Waals surface area (Å²) in [6, 6.07) is 4.18. The van der Waals surface area contributed by atoms with E-state index in [0.29, 0.717) is 11.1 Å². The summed E-state index contributed by atoms with van der Waals surface area (Å²) in [6.07, 6.45) is -2.65. The van der Waals surface area contributed by atoms with Gasteiger partial charge in [-0.3, -0.25) is 0 Å². The molecule has 0 aliphatic heterocycles. The first-order valence-electron chi connectivity index (χ1n) is 5.39. The van der Waals surface area contributed by atoms with Gasteiger partial charge in [-0.2, -0.15) is 5.10 Å². The molecule has 100 valence electrons. The highest BCUT2D eigenvalue weighted by Gasteiger charge is 2.13. The second-order valence-electron chi connectivity index (χ2n) is 3.91. The molecule has 0 fully saturated rings. The van der Waals surface area contributed by atoms with Crippen molar-refractivity contribution in [2.24, 2.45) is 0 Å². The summed E-state index contributed by atoms with van der Waals surface area (Å²) in [5, 5.41) is 17.1. The molecule has 0 unspecified atom stereocenters. The standard InChI is InChI=1S/C12H10F2N2O3/c1-6-2-7-3-8(12(17)18)4-9(11(7)16-15-6)19-5-10(13)14/h2-4,10H,5H2,1H3,(H,17,18). The summed E-state index contributed by atoms with van der Waals surface area (Å²) in [5.41, 5.74) is 0.801. The largest absolute Gasteiger partial charge is 0.485 e. The van der Waals surface area contributed by atoms with Gasteiger partial charge in [0, 0.05) is 5.39 Å². The van der Waals surface area contributed by atoms with Crippen LogP contribution in [0.3, 0.4) is 0 Å². The van der Waals surface area contributed by atoms with Crippen LogP contribution in [0.1, 0.15) is 16.1 Å². The minimum atomic E-state index is -2.65. The third-order valence-corrected chi connectivity index (χ3v) is 2.39. The number of aromatic nitrogens is 2. The van der Waals surface area contributed by atoms with Gasteiger partial charge in [-0.25, -0.2) is 13.6 Å². The molecule has 0 radical (unpaired) electrons. The van der Waals surface area contributed by atoms with Crippen LogP contribution in [0.2, 0.25) is 0 Å². The molecule has 0 saturated heterocycles.